The fourth-order valence-electron chi connectivity index (χ4n) is 6.84. The normalized spacial score (nSPS) is 27.2. The number of amides is 2. The Morgan fingerprint density at radius 3 is 2.62 bits per heavy atom. The Morgan fingerprint density at radius 1 is 1.20 bits per heavy atom. The summed E-state index contributed by atoms with van der Waals surface area (Å²) in [6.07, 6.45) is 0.592. The number of likely N-dealkylation sites (tertiary alicyclic amines) is 1. The van der Waals surface area contributed by atoms with E-state index in [0.717, 1.165) is 18.7 Å². The first-order chi connectivity index (χ1) is 18.9. The molecule has 7 nitrogen and oxygen atoms in total. The first kappa shape index (κ1) is 29.3. The van der Waals surface area contributed by atoms with E-state index in [0.29, 0.717) is 43.4 Å². The third kappa shape index (κ3) is 5.13. The van der Waals surface area contributed by atoms with E-state index in [9.17, 15) is 9.59 Å². The van der Waals surface area contributed by atoms with Gasteiger partial charge in [0.15, 0.2) is 0 Å². The number of fused-ring (bicyclic) bond motifs is 2. The first-order valence-electron chi connectivity index (χ1n) is 13.8. The zero-order valence-electron chi connectivity index (χ0n) is 23.4. The number of nitrogens with zero attached hydrogens (tertiary/aromatic N) is 2. The molecule has 5 rings (SSSR count). The Morgan fingerprint density at radius 2 is 1.93 bits per heavy atom. The van der Waals surface area contributed by atoms with Gasteiger partial charge in [-0.25, -0.2) is 4.39 Å². The molecular formula is C30H37Cl2FN4O3. The van der Waals surface area contributed by atoms with Crippen LogP contribution in [0.25, 0.3) is 0 Å². The van der Waals surface area contributed by atoms with Crippen LogP contribution in [0.1, 0.15) is 44.2 Å². The Hall–Kier alpha value is -2.23. The van der Waals surface area contributed by atoms with Crippen molar-refractivity contribution in [2.45, 2.75) is 50.6 Å². The standard InChI is InChI=1S/C30H37Cl2FN4O3/c1-29(2,3)17-23-30(20-9-8-18(31)16-22(20)35-28(30)39)24(19-6-5-7-21(32)25(19)33)26(36(23)4)27(38)34-10-11-37-12-14-40-15-13-37/h5-9,16,23-24,26H,10-15,17H2,1-4H3,(H,34,38)(H,35,39)/t23-,24+,26-,30+/m1/s1. The summed E-state index contributed by atoms with van der Waals surface area (Å²) >= 11 is 12.6. The SMILES string of the molecule is CN1[C@@H](C(=O)NCCN2CCOCC2)[C@H](c2cccc(Cl)c2F)[C@@]2(C(=O)Nc3cc(Cl)ccc32)[C@H]1CC(C)(C)C. The molecule has 0 aliphatic carbocycles. The first-order valence-corrected chi connectivity index (χ1v) is 14.6. The van der Waals surface area contributed by atoms with Crippen molar-refractivity contribution in [3.05, 3.63) is 63.4 Å². The number of likely N-dealkylation sites (N-methyl/N-ethyl adjacent to an activating group) is 1. The maximum atomic E-state index is 15.9. The molecule has 0 unspecified atom stereocenters. The van der Waals surface area contributed by atoms with Crippen LogP contribution in [0.2, 0.25) is 10.0 Å². The number of carbonyl (C=O) groups is 2. The third-order valence-corrected chi connectivity index (χ3v) is 9.06. The minimum absolute atomic E-state index is 0.0456. The molecule has 0 bridgehead atoms. The molecule has 4 atom stereocenters. The predicted molar refractivity (Wildman–Crippen MR) is 156 cm³/mol. The minimum atomic E-state index is -1.25. The second-order valence-electron chi connectivity index (χ2n) is 12.3. The van der Waals surface area contributed by atoms with Crippen LogP contribution in [0.3, 0.4) is 0 Å². The van der Waals surface area contributed by atoms with Crippen molar-refractivity contribution >= 4 is 40.7 Å². The number of hydrogen-bond donors (Lipinski definition) is 2. The molecule has 2 aromatic carbocycles. The van der Waals surface area contributed by atoms with E-state index in [4.69, 9.17) is 27.9 Å². The molecule has 2 fully saturated rings. The highest BCUT2D eigenvalue weighted by molar-refractivity contribution is 6.31. The Labute approximate surface area is 245 Å². The van der Waals surface area contributed by atoms with Gasteiger partial charge in [0, 0.05) is 48.8 Å². The lowest BCUT2D eigenvalue weighted by molar-refractivity contribution is -0.126. The lowest BCUT2D eigenvalue weighted by Gasteiger charge is -2.39. The number of rotatable bonds is 6. The zero-order chi connectivity index (χ0) is 28.8. The van der Waals surface area contributed by atoms with E-state index < -0.39 is 29.2 Å². The summed E-state index contributed by atoms with van der Waals surface area (Å²) < 4.78 is 21.4. The highest BCUT2D eigenvalue weighted by Crippen LogP contribution is 2.60. The second-order valence-corrected chi connectivity index (χ2v) is 13.1. The number of ether oxygens (including phenoxy) is 1. The number of carbonyl (C=O) groups excluding carboxylic acids is 2. The Kier molecular flexibility index (Phi) is 8.21. The van der Waals surface area contributed by atoms with Crippen LogP contribution in [0.4, 0.5) is 10.1 Å². The largest absolute Gasteiger partial charge is 0.379 e. The van der Waals surface area contributed by atoms with Gasteiger partial charge >= 0.3 is 0 Å². The van der Waals surface area contributed by atoms with Gasteiger partial charge in [-0.1, -0.05) is 62.2 Å². The Balaban J connectivity index is 1.63. The number of morpholine rings is 1. The lowest BCUT2D eigenvalue weighted by Crippen LogP contribution is -2.50. The maximum Gasteiger partial charge on any atom is 0.238 e. The third-order valence-electron chi connectivity index (χ3n) is 8.54. The van der Waals surface area contributed by atoms with Crippen molar-refractivity contribution in [2.75, 3.05) is 51.8 Å². The summed E-state index contributed by atoms with van der Waals surface area (Å²) in [5.41, 5.74) is 0.115. The monoisotopic (exact) mass is 590 g/mol. The number of benzene rings is 2. The van der Waals surface area contributed by atoms with Gasteiger partial charge in [0.25, 0.3) is 0 Å². The van der Waals surface area contributed by atoms with Crippen LogP contribution >= 0.6 is 23.2 Å². The van der Waals surface area contributed by atoms with Crippen molar-refractivity contribution in [3.8, 4) is 0 Å². The summed E-state index contributed by atoms with van der Waals surface area (Å²) in [6, 6.07) is 8.89. The topological polar surface area (TPSA) is 73.9 Å². The number of anilines is 1. The molecule has 2 aromatic rings. The number of hydrogen-bond acceptors (Lipinski definition) is 5. The molecular weight excluding hydrogens is 554 g/mol. The van der Waals surface area contributed by atoms with Crippen LogP contribution in [-0.4, -0.2) is 80.1 Å². The summed E-state index contributed by atoms with van der Waals surface area (Å²) in [7, 11) is 1.87. The molecule has 3 aliphatic heterocycles. The zero-order valence-corrected chi connectivity index (χ0v) is 24.9. The molecule has 3 aliphatic rings. The molecule has 0 aromatic heterocycles. The summed E-state index contributed by atoms with van der Waals surface area (Å²) in [6.45, 7) is 10.4. The fraction of sp³-hybridized carbons (Fsp3) is 0.533. The summed E-state index contributed by atoms with van der Waals surface area (Å²) in [5, 5.41) is 6.57. The van der Waals surface area contributed by atoms with Gasteiger partial charge in [-0.15, -0.1) is 0 Å². The van der Waals surface area contributed by atoms with Crippen LogP contribution in [0.15, 0.2) is 36.4 Å². The molecule has 216 valence electrons. The van der Waals surface area contributed by atoms with Gasteiger partial charge in [-0.3, -0.25) is 19.4 Å². The lowest BCUT2D eigenvalue weighted by atomic mass is 9.62. The van der Waals surface area contributed by atoms with Crippen molar-refractivity contribution < 1.29 is 18.7 Å². The van der Waals surface area contributed by atoms with E-state index in [-0.39, 0.29) is 27.8 Å². The van der Waals surface area contributed by atoms with Gasteiger partial charge in [-0.05, 0) is 48.2 Å². The van der Waals surface area contributed by atoms with Crippen LogP contribution < -0.4 is 10.6 Å². The van der Waals surface area contributed by atoms with Crippen LogP contribution in [-0.2, 0) is 19.7 Å². The van der Waals surface area contributed by atoms with E-state index in [2.05, 4.69) is 36.3 Å². The minimum Gasteiger partial charge on any atom is -0.379 e. The molecule has 2 saturated heterocycles. The average Bonchev–Trinajstić information content (AvgIpc) is 3.31. The van der Waals surface area contributed by atoms with Gasteiger partial charge in [0.1, 0.15) is 11.2 Å². The molecule has 2 amide bonds. The molecule has 0 saturated carbocycles. The predicted octanol–water partition coefficient (Wildman–Crippen LogP) is 4.67. The fourth-order valence-corrected chi connectivity index (χ4v) is 7.19. The number of halogens is 3. The van der Waals surface area contributed by atoms with Gasteiger partial charge < -0.3 is 15.4 Å². The smallest absolute Gasteiger partial charge is 0.238 e. The molecule has 2 N–H and O–H groups in total. The van der Waals surface area contributed by atoms with Crippen molar-refractivity contribution in [3.63, 3.8) is 0 Å². The molecule has 0 radical (unpaired) electrons. The quantitative estimate of drug-likeness (QED) is 0.511. The Bertz CT molecular complexity index is 1300. The second kappa shape index (κ2) is 11.2. The highest BCUT2D eigenvalue weighted by atomic mass is 35.5. The van der Waals surface area contributed by atoms with Gasteiger partial charge in [0.2, 0.25) is 11.8 Å². The van der Waals surface area contributed by atoms with E-state index in [1.165, 1.54) is 6.07 Å². The number of nitrogens with one attached hydrogen (secondary N) is 2. The van der Waals surface area contributed by atoms with Gasteiger partial charge in [-0.2, -0.15) is 0 Å². The average molecular weight is 592 g/mol. The van der Waals surface area contributed by atoms with E-state index in [1.807, 2.05) is 18.0 Å². The van der Waals surface area contributed by atoms with Crippen LogP contribution in [0, 0.1) is 11.2 Å². The molecule has 10 heteroatoms. The van der Waals surface area contributed by atoms with Crippen molar-refractivity contribution in [1.29, 1.82) is 0 Å². The van der Waals surface area contributed by atoms with Gasteiger partial charge in [0.05, 0.1) is 24.3 Å². The summed E-state index contributed by atoms with van der Waals surface area (Å²) in [5.74, 6) is -1.96. The molecule has 40 heavy (non-hydrogen) atoms. The highest BCUT2D eigenvalue weighted by Gasteiger charge is 2.68. The van der Waals surface area contributed by atoms with Crippen LogP contribution in [0.5, 0.6) is 0 Å². The van der Waals surface area contributed by atoms with Crippen molar-refractivity contribution in [1.82, 2.24) is 15.1 Å². The molecule has 3 heterocycles. The maximum absolute atomic E-state index is 15.9. The van der Waals surface area contributed by atoms with Crippen molar-refractivity contribution in [2.24, 2.45) is 5.41 Å². The molecule has 1 spiro atoms. The summed E-state index contributed by atoms with van der Waals surface area (Å²) in [4.78, 5) is 32.6. The van der Waals surface area contributed by atoms with E-state index in [1.54, 1.807) is 24.3 Å². The van der Waals surface area contributed by atoms with E-state index >= 15 is 4.39 Å².